The van der Waals surface area contributed by atoms with E-state index in [-0.39, 0.29) is 17.4 Å². The lowest BCUT2D eigenvalue weighted by Gasteiger charge is -2.38. The smallest absolute Gasteiger partial charge is 0.255 e. The molecule has 1 atom stereocenters. The summed E-state index contributed by atoms with van der Waals surface area (Å²) in [6.07, 6.45) is 2.93. The molecular formula is C16H25N3O2. The standard InChI is InChI=1S/C16H25N3O2/c1-16(2,3)14(20)12-18-7-9-19(10-8-18)15(21)13-5-4-6-17-11-13/h4-6,11,14,20H,7-10,12H2,1-3H3/t14-/m0/s1. The van der Waals surface area contributed by atoms with Crippen molar-refractivity contribution in [2.45, 2.75) is 26.9 Å². The van der Waals surface area contributed by atoms with Crippen molar-refractivity contribution in [2.24, 2.45) is 5.41 Å². The fourth-order valence-electron chi connectivity index (χ4n) is 2.32. The van der Waals surface area contributed by atoms with E-state index in [0.717, 1.165) is 13.1 Å². The number of rotatable bonds is 3. The maximum Gasteiger partial charge on any atom is 0.255 e. The van der Waals surface area contributed by atoms with E-state index in [9.17, 15) is 9.90 Å². The Balaban J connectivity index is 1.85. The van der Waals surface area contributed by atoms with Crippen LogP contribution in [0.4, 0.5) is 0 Å². The highest BCUT2D eigenvalue weighted by Crippen LogP contribution is 2.20. The van der Waals surface area contributed by atoms with Gasteiger partial charge in [-0.15, -0.1) is 0 Å². The third-order valence-electron chi connectivity index (χ3n) is 4.00. The highest BCUT2D eigenvalue weighted by molar-refractivity contribution is 5.93. The molecule has 1 saturated heterocycles. The summed E-state index contributed by atoms with van der Waals surface area (Å²) in [5.74, 6) is 0.0409. The van der Waals surface area contributed by atoms with Gasteiger partial charge in [0, 0.05) is 45.1 Å². The van der Waals surface area contributed by atoms with Gasteiger partial charge in [0.1, 0.15) is 0 Å². The molecule has 1 fully saturated rings. The van der Waals surface area contributed by atoms with Gasteiger partial charge >= 0.3 is 0 Å². The molecule has 2 heterocycles. The van der Waals surface area contributed by atoms with Crippen molar-refractivity contribution in [1.82, 2.24) is 14.8 Å². The van der Waals surface area contributed by atoms with Crippen LogP contribution in [0.25, 0.3) is 0 Å². The number of amides is 1. The fourth-order valence-corrected chi connectivity index (χ4v) is 2.32. The van der Waals surface area contributed by atoms with Crippen LogP contribution in [0.2, 0.25) is 0 Å². The van der Waals surface area contributed by atoms with Crippen LogP contribution in [-0.2, 0) is 0 Å². The largest absolute Gasteiger partial charge is 0.391 e. The lowest BCUT2D eigenvalue weighted by atomic mass is 9.89. The number of carbonyl (C=O) groups excluding carboxylic acids is 1. The van der Waals surface area contributed by atoms with E-state index >= 15 is 0 Å². The van der Waals surface area contributed by atoms with E-state index in [4.69, 9.17) is 0 Å². The Morgan fingerprint density at radius 3 is 2.52 bits per heavy atom. The van der Waals surface area contributed by atoms with Gasteiger partial charge in [-0.1, -0.05) is 20.8 Å². The van der Waals surface area contributed by atoms with Crippen molar-refractivity contribution >= 4 is 5.91 Å². The summed E-state index contributed by atoms with van der Waals surface area (Å²) < 4.78 is 0. The second-order valence-electron chi connectivity index (χ2n) is 6.72. The van der Waals surface area contributed by atoms with Crippen LogP contribution in [-0.4, -0.2) is 64.6 Å². The minimum atomic E-state index is -0.349. The summed E-state index contributed by atoms with van der Waals surface area (Å²) >= 11 is 0. The average molecular weight is 291 g/mol. The van der Waals surface area contributed by atoms with Gasteiger partial charge in [0.25, 0.3) is 5.91 Å². The Bertz CT molecular complexity index is 462. The molecule has 5 nitrogen and oxygen atoms in total. The summed E-state index contributed by atoms with van der Waals surface area (Å²) in [7, 11) is 0. The molecule has 0 aliphatic carbocycles. The Kier molecular flexibility index (Phi) is 4.96. The molecule has 0 saturated carbocycles. The van der Waals surface area contributed by atoms with Crippen LogP contribution in [0, 0.1) is 5.41 Å². The number of aliphatic hydroxyl groups is 1. The molecule has 21 heavy (non-hydrogen) atoms. The van der Waals surface area contributed by atoms with Crippen LogP contribution < -0.4 is 0 Å². The second kappa shape index (κ2) is 6.54. The summed E-state index contributed by atoms with van der Waals surface area (Å²) in [6.45, 7) is 9.80. The molecule has 0 unspecified atom stereocenters. The Morgan fingerprint density at radius 1 is 1.33 bits per heavy atom. The Labute approximate surface area is 126 Å². The molecule has 1 amide bonds. The highest BCUT2D eigenvalue weighted by atomic mass is 16.3. The first-order valence-electron chi connectivity index (χ1n) is 7.47. The third kappa shape index (κ3) is 4.25. The minimum absolute atomic E-state index is 0.0409. The first kappa shape index (κ1) is 15.9. The third-order valence-corrected chi connectivity index (χ3v) is 4.00. The number of hydrogen-bond donors (Lipinski definition) is 1. The van der Waals surface area contributed by atoms with E-state index in [1.807, 2.05) is 25.7 Å². The summed E-state index contributed by atoms with van der Waals surface area (Å²) in [5, 5.41) is 10.2. The van der Waals surface area contributed by atoms with Gasteiger partial charge < -0.3 is 10.0 Å². The molecule has 1 N–H and O–H groups in total. The van der Waals surface area contributed by atoms with Gasteiger partial charge in [0.2, 0.25) is 0 Å². The lowest BCUT2D eigenvalue weighted by molar-refractivity contribution is 0.0137. The van der Waals surface area contributed by atoms with E-state index in [2.05, 4.69) is 9.88 Å². The van der Waals surface area contributed by atoms with Gasteiger partial charge in [-0.25, -0.2) is 0 Å². The van der Waals surface area contributed by atoms with Crippen LogP contribution >= 0.6 is 0 Å². The monoisotopic (exact) mass is 291 g/mol. The van der Waals surface area contributed by atoms with E-state index in [1.54, 1.807) is 24.5 Å². The molecule has 116 valence electrons. The van der Waals surface area contributed by atoms with Gasteiger partial charge in [-0.2, -0.15) is 0 Å². The van der Waals surface area contributed by atoms with Gasteiger partial charge in [0.05, 0.1) is 11.7 Å². The summed E-state index contributed by atoms with van der Waals surface area (Å²) in [6, 6.07) is 3.58. The quantitative estimate of drug-likeness (QED) is 0.910. The molecule has 1 aliphatic rings. The molecular weight excluding hydrogens is 266 g/mol. The first-order chi connectivity index (χ1) is 9.88. The van der Waals surface area contributed by atoms with E-state index < -0.39 is 0 Å². The zero-order valence-electron chi connectivity index (χ0n) is 13.1. The normalized spacial score (nSPS) is 18.6. The number of aromatic nitrogens is 1. The number of nitrogens with zero attached hydrogens (tertiary/aromatic N) is 3. The maximum absolute atomic E-state index is 12.3. The van der Waals surface area contributed by atoms with Gasteiger partial charge in [-0.05, 0) is 17.5 Å². The molecule has 0 radical (unpaired) electrons. The van der Waals surface area contributed by atoms with Crippen LogP contribution in [0.1, 0.15) is 31.1 Å². The first-order valence-corrected chi connectivity index (χ1v) is 7.47. The Hall–Kier alpha value is -1.46. The molecule has 1 aromatic rings. The number of β-amino-alcohol motifs (C(OH)–C–C–N with tert-alkyl or cyclic N) is 1. The number of carbonyl (C=O) groups is 1. The fraction of sp³-hybridized carbons (Fsp3) is 0.625. The number of aliphatic hydroxyl groups excluding tert-OH is 1. The topological polar surface area (TPSA) is 56.7 Å². The average Bonchev–Trinajstić information content (AvgIpc) is 2.47. The van der Waals surface area contributed by atoms with Crippen molar-refractivity contribution in [3.63, 3.8) is 0 Å². The summed E-state index contributed by atoms with van der Waals surface area (Å²) in [5.41, 5.74) is 0.531. The molecule has 1 aliphatic heterocycles. The number of piperazine rings is 1. The van der Waals surface area contributed by atoms with Crippen molar-refractivity contribution in [1.29, 1.82) is 0 Å². The molecule has 1 aromatic heterocycles. The van der Waals surface area contributed by atoms with Crippen molar-refractivity contribution in [2.75, 3.05) is 32.7 Å². The molecule has 2 rings (SSSR count). The van der Waals surface area contributed by atoms with E-state index in [0.29, 0.717) is 25.2 Å². The number of pyridine rings is 1. The van der Waals surface area contributed by atoms with Gasteiger partial charge in [-0.3, -0.25) is 14.7 Å². The minimum Gasteiger partial charge on any atom is -0.391 e. The zero-order chi connectivity index (χ0) is 15.5. The zero-order valence-corrected chi connectivity index (χ0v) is 13.1. The van der Waals surface area contributed by atoms with Crippen molar-refractivity contribution in [3.8, 4) is 0 Å². The molecule has 5 heteroatoms. The SMILES string of the molecule is CC(C)(C)[C@@H](O)CN1CCN(C(=O)c2cccnc2)CC1. The molecule has 0 aromatic carbocycles. The lowest BCUT2D eigenvalue weighted by Crippen LogP contribution is -2.51. The van der Waals surface area contributed by atoms with Crippen LogP contribution in [0.15, 0.2) is 24.5 Å². The van der Waals surface area contributed by atoms with Crippen LogP contribution in [0.5, 0.6) is 0 Å². The van der Waals surface area contributed by atoms with E-state index in [1.165, 1.54) is 0 Å². The molecule has 0 bridgehead atoms. The summed E-state index contributed by atoms with van der Waals surface area (Å²) in [4.78, 5) is 20.4. The van der Waals surface area contributed by atoms with Gasteiger partial charge in [0.15, 0.2) is 0 Å². The predicted octanol–water partition coefficient (Wildman–Crippen LogP) is 1.25. The molecule has 0 spiro atoms. The second-order valence-corrected chi connectivity index (χ2v) is 6.72. The highest BCUT2D eigenvalue weighted by Gasteiger charge is 2.27. The van der Waals surface area contributed by atoms with Crippen molar-refractivity contribution in [3.05, 3.63) is 30.1 Å². The Morgan fingerprint density at radius 2 is 2.00 bits per heavy atom. The predicted molar refractivity (Wildman–Crippen MR) is 82.0 cm³/mol. The van der Waals surface area contributed by atoms with Crippen LogP contribution in [0.3, 0.4) is 0 Å². The number of hydrogen-bond acceptors (Lipinski definition) is 4. The van der Waals surface area contributed by atoms with Crippen molar-refractivity contribution < 1.29 is 9.90 Å². The maximum atomic E-state index is 12.3.